The molecule has 12 nitrogen and oxygen atoms in total. The van der Waals surface area contributed by atoms with Crippen LogP contribution in [0.5, 0.6) is 5.88 Å². The molecule has 0 spiro atoms. The van der Waals surface area contributed by atoms with Crippen LogP contribution in [0.15, 0.2) is 46.4 Å². The van der Waals surface area contributed by atoms with Crippen molar-refractivity contribution in [3.05, 3.63) is 47.0 Å². The Bertz CT molecular complexity index is 1490. The largest absolute Gasteiger partial charge is 0.476 e. The van der Waals surface area contributed by atoms with Crippen molar-refractivity contribution in [2.45, 2.75) is 17.7 Å². The molecule has 14 heteroatoms. The first-order valence-corrected chi connectivity index (χ1v) is 16.2. The molecule has 0 unspecified atom stereocenters. The third kappa shape index (κ3) is 7.68. The molecule has 0 N–H and O–H groups in total. The van der Waals surface area contributed by atoms with Gasteiger partial charge in [0.05, 0.1) is 44.2 Å². The average Bonchev–Trinajstić information content (AvgIpc) is 3.17. The quantitative estimate of drug-likeness (QED) is 0.295. The summed E-state index contributed by atoms with van der Waals surface area (Å²) in [6.45, 7) is 5.08. The number of hydrazone groups is 1. The van der Waals surface area contributed by atoms with Crippen LogP contribution in [0.4, 0.5) is 0 Å². The second-order valence-electron chi connectivity index (χ2n) is 10.2. The maximum atomic E-state index is 13.7. The summed E-state index contributed by atoms with van der Waals surface area (Å²) in [5, 5.41) is 7.12. The zero-order valence-corrected chi connectivity index (χ0v) is 25.5. The average molecular weight is 617 g/mol. The number of Topliss-reactive ketones (excluding diaryl/α,β-unsaturated/α-hetero) is 1. The van der Waals surface area contributed by atoms with E-state index in [1.54, 1.807) is 18.2 Å². The molecule has 2 aliphatic rings. The number of fused-ring (bicyclic) bond motifs is 1. The molecular weight excluding hydrogens is 580 g/mol. The SMILES string of the molecule is CN(C)CCOc1ccc2nc(CC(=O)/C(=N/N3CCOCC3)c3ccc(S(=O)(=O)N4CCCOCC4)cc3)sc2n1. The lowest BCUT2D eigenvalue weighted by atomic mass is 10.0. The molecule has 5 rings (SSSR count). The molecule has 226 valence electrons. The number of nitrogens with zero attached hydrogens (tertiary/aromatic N) is 6. The van der Waals surface area contributed by atoms with Crippen molar-refractivity contribution in [3.63, 3.8) is 0 Å². The van der Waals surface area contributed by atoms with E-state index < -0.39 is 10.0 Å². The number of benzene rings is 1. The van der Waals surface area contributed by atoms with E-state index in [9.17, 15) is 13.2 Å². The Labute approximate surface area is 249 Å². The number of sulfonamides is 1. The van der Waals surface area contributed by atoms with Crippen molar-refractivity contribution in [2.24, 2.45) is 5.10 Å². The highest BCUT2D eigenvalue weighted by Gasteiger charge is 2.26. The molecular formula is C28H36N6O6S2. The van der Waals surface area contributed by atoms with Crippen LogP contribution in [-0.4, -0.2) is 124 Å². The highest BCUT2D eigenvalue weighted by molar-refractivity contribution is 7.89. The van der Waals surface area contributed by atoms with Gasteiger partial charge in [0.25, 0.3) is 0 Å². The lowest BCUT2D eigenvalue weighted by molar-refractivity contribution is -0.112. The number of hydrogen-bond donors (Lipinski definition) is 0. The van der Waals surface area contributed by atoms with Gasteiger partial charge in [0.15, 0.2) is 5.78 Å². The summed E-state index contributed by atoms with van der Waals surface area (Å²) < 4.78 is 44.5. The number of pyridine rings is 1. The predicted molar refractivity (Wildman–Crippen MR) is 160 cm³/mol. The van der Waals surface area contributed by atoms with E-state index in [2.05, 4.69) is 9.97 Å². The van der Waals surface area contributed by atoms with Crippen molar-refractivity contribution in [3.8, 4) is 5.88 Å². The van der Waals surface area contributed by atoms with Crippen LogP contribution in [0.1, 0.15) is 17.0 Å². The van der Waals surface area contributed by atoms with Gasteiger partial charge in [-0.15, -0.1) is 0 Å². The van der Waals surface area contributed by atoms with E-state index in [1.165, 1.54) is 27.8 Å². The van der Waals surface area contributed by atoms with Gasteiger partial charge in [0, 0.05) is 37.9 Å². The lowest BCUT2D eigenvalue weighted by Crippen LogP contribution is -2.34. The second-order valence-corrected chi connectivity index (χ2v) is 13.2. The maximum absolute atomic E-state index is 13.7. The Morgan fingerprint density at radius 2 is 1.74 bits per heavy atom. The first-order valence-electron chi connectivity index (χ1n) is 14.0. The molecule has 0 aliphatic carbocycles. The standard InChI is InChI=1S/C28H36N6O6S2/c1-32(2)11-19-40-25-9-8-23-28(30-25)41-26(29-23)20-24(35)27(31-33-12-16-39-17-13-33)21-4-6-22(7-5-21)42(36,37)34-10-3-15-38-18-14-34/h4-9H,3,10-20H2,1-2H3/b31-27+. The van der Waals surface area contributed by atoms with Gasteiger partial charge in [-0.05, 0) is 38.7 Å². The Morgan fingerprint density at radius 1 is 1.00 bits per heavy atom. The third-order valence-corrected chi connectivity index (χ3v) is 9.69. The van der Waals surface area contributed by atoms with Gasteiger partial charge in [-0.25, -0.2) is 18.4 Å². The number of carbonyl (C=O) groups is 1. The molecule has 0 radical (unpaired) electrons. The maximum Gasteiger partial charge on any atom is 0.243 e. The van der Waals surface area contributed by atoms with Crippen LogP contribution >= 0.6 is 11.3 Å². The number of thiazole rings is 1. The van der Waals surface area contributed by atoms with Crippen molar-refractivity contribution in [2.75, 3.05) is 79.9 Å². The zero-order valence-electron chi connectivity index (χ0n) is 23.9. The Hall–Kier alpha value is -3.01. The Balaban J connectivity index is 1.36. The topological polar surface area (TPSA) is 127 Å². The molecule has 3 aromatic rings. The zero-order chi connectivity index (χ0) is 29.5. The van der Waals surface area contributed by atoms with Gasteiger partial charge >= 0.3 is 0 Å². The van der Waals surface area contributed by atoms with Crippen molar-refractivity contribution in [1.29, 1.82) is 0 Å². The van der Waals surface area contributed by atoms with Gasteiger partial charge in [-0.3, -0.25) is 9.80 Å². The molecule has 2 saturated heterocycles. The number of ether oxygens (including phenoxy) is 3. The minimum atomic E-state index is -3.68. The summed E-state index contributed by atoms with van der Waals surface area (Å²) in [4.78, 5) is 25.8. The molecule has 0 bridgehead atoms. The fourth-order valence-electron chi connectivity index (χ4n) is 4.52. The third-order valence-electron chi connectivity index (χ3n) is 6.81. The van der Waals surface area contributed by atoms with Crippen LogP contribution in [0.2, 0.25) is 0 Å². The van der Waals surface area contributed by atoms with Crippen LogP contribution in [0, 0.1) is 0 Å². The van der Waals surface area contributed by atoms with Crippen LogP contribution in [0.3, 0.4) is 0 Å². The number of morpholine rings is 1. The summed E-state index contributed by atoms with van der Waals surface area (Å²) in [7, 11) is 0.277. The molecule has 2 aliphatic heterocycles. The van der Waals surface area contributed by atoms with E-state index in [0.717, 1.165) is 6.54 Å². The number of aromatic nitrogens is 2. The molecule has 42 heavy (non-hydrogen) atoms. The number of carbonyl (C=O) groups excluding carboxylic acids is 1. The summed E-state index contributed by atoms with van der Waals surface area (Å²) in [6.07, 6.45) is 0.684. The van der Waals surface area contributed by atoms with E-state index in [1.807, 2.05) is 30.1 Å². The van der Waals surface area contributed by atoms with Crippen molar-refractivity contribution >= 4 is 43.2 Å². The smallest absolute Gasteiger partial charge is 0.243 e. The van der Waals surface area contributed by atoms with E-state index >= 15 is 0 Å². The predicted octanol–water partition coefficient (Wildman–Crippen LogP) is 1.89. The summed E-state index contributed by atoms with van der Waals surface area (Å²) in [6, 6.07) is 10.0. The first-order chi connectivity index (χ1) is 20.3. The normalized spacial score (nSPS) is 17.5. The van der Waals surface area contributed by atoms with Crippen molar-refractivity contribution in [1.82, 2.24) is 24.2 Å². The number of likely N-dealkylation sites (N-methyl/N-ethyl adjacent to an activating group) is 1. The van der Waals surface area contributed by atoms with E-state index in [0.29, 0.717) is 92.4 Å². The molecule has 0 saturated carbocycles. The Morgan fingerprint density at radius 3 is 2.50 bits per heavy atom. The molecule has 0 atom stereocenters. The fraction of sp³-hybridized carbons (Fsp3) is 0.500. The van der Waals surface area contributed by atoms with Crippen molar-refractivity contribution < 1.29 is 27.4 Å². The highest BCUT2D eigenvalue weighted by atomic mass is 32.2. The minimum Gasteiger partial charge on any atom is -0.476 e. The molecule has 4 heterocycles. The fourth-order valence-corrected chi connectivity index (χ4v) is 6.91. The van der Waals surface area contributed by atoms with E-state index in [-0.39, 0.29) is 22.8 Å². The number of rotatable bonds is 11. The molecule has 1 aromatic carbocycles. The minimum absolute atomic E-state index is 0.0366. The Kier molecular flexibility index (Phi) is 10.1. The van der Waals surface area contributed by atoms with E-state index in [4.69, 9.17) is 19.3 Å². The number of hydrogen-bond acceptors (Lipinski definition) is 12. The molecule has 2 aromatic heterocycles. The van der Waals surface area contributed by atoms with Gasteiger partial charge < -0.3 is 19.1 Å². The summed E-state index contributed by atoms with van der Waals surface area (Å²) in [5.41, 5.74) is 1.49. The second kappa shape index (κ2) is 14.0. The highest BCUT2D eigenvalue weighted by Crippen LogP contribution is 2.24. The summed E-state index contributed by atoms with van der Waals surface area (Å²) in [5.74, 6) is 0.298. The number of ketones is 1. The monoisotopic (exact) mass is 616 g/mol. The molecule has 2 fully saturated rings. The van der Waals surface area contributed by atoms with Gasteiger partial charge in [0.1, 0.15) is 27.7 Å². The van der Waals surface area contributed by atoms with Crippen LogP contribution in [0.25, 0.3) is 10.3 Å². The molecule has 0 amide bonds. The van der Waals surface area contributed by atoms with Crippen LogP contribution in [-0.2, 0) is 30.7 Å². The van der Waals surface area contributed by atoms with Gasteiger partial charge in [-0.2, -0.15) is 9.41 Å². The lowest BCUT2D eigenvalue weighted by Gasteiger charge is -2.25. The van der Waals surface area contributed by atoms with Crippen LogP contribution < -0.4 is 4.74 Å². The first kappa shape index (κ1) is 30.4. The van der Waals surface area contributed by atoms with Gasteiger partial charge in [0.2, 0.25) is 15.9 Å². The van der Waals surface area contributed by atoms with Gasteiger partial charge in [-0.1, -0.05) is 23.5 Å². The summed E-state index contributed by atoms with van der Waals surface area (Å²) >= 11 is 1.34.